The molecular weight excluding hydrogens is 351 g/mol. The second kappa shape index (κ2) is 7.39. The largest absolute Gasteiger partial charge is 0.573 e. The Balaban J connectivity index is 1.49. The molecule has 142 valence electrons. The molecule has 2 nitrogen and oxygen atoms in total. The lowest BCUT2D eigenvalue weighted by Crippen LogP contribution is -2.38. The number of para-hydroxylation sites is 1. The fraction of sp³-hybridized carbons (Fsp3) is 0.364. The molecule has 2 aliphatic rings. The third kappa shape index (κ3) is 4.35. The first-order chi connectivity index (χ1) is 13.0. The molecule has 0 aliphatic carbocycles. The van der Waals surface area contributed by atoms with Gasteiger partial charge >= 0.3 is 6.36 Å². The number of halogens is 3. The number of ether oxygens (including phenoxy) is 1. The molecule has 2 aromatic carbocycles. The molecule has 0 N–H and O–H groups in total. The molecule has 2 heterocycles. The second-order valence-electron chi connectivity index (χ2n) is 7.32. The minimum Gasteiger partial charge on any atom is -0.405 e. The summed E-state index contributed by atoms with van der Waals surface area (Å²) in [5.74, 6) is -0.0926. The van der Waals surface area contributed by atoms with Crippen LogP contribution in [0.15, 0.2) is 66.2 Å². The lowest BCUT2D eigenvalue weighted by atomic mass is 9.94. The minimum absolute atomic E-state index is 0.0926. The van der Waals surface area contributed by atoms with Crippen LogP contribution in [0.3, 0.4) is 0 Å². The summed E-state index contributed by atoms with van der Waals surface area (Å²) in [6.07, 6.45) is 1.27. The SMILES string of the molecule is FC(F)(F)Oc1ccccc1CC1=CC2CCC(C1)N2Cc1ccccc1. The summed E-state index contributed by atoms with van der Waals surface area (Å²) >= 11 is 0. The monoisotopic (exact) mass is 373 g/mol. The van der Waals surface area contributed by atoms with Crippen LogP contribution in [-0.2, 0) is 13.0 Å². The number of benzene rings is 2. The summed E-state index contributed by atoms with van der Waals surface area (Å²) in [5, 5.41) is 0. The molecule has 2 bridgehead atoms. The maximum Gasteiger partial charge on any atom is 0.573 e. The van der Waals surface area contributed by atoms with Gasteiger partial charge in [-0.3, -0.25) is 4.90 Å². The van der Waals surface area contributed by atoms with Crippen molar-refractivity contribution in [2.75, 3.05) is 0 Å². The molecule has 0 saturated carbocycles. The van der Waals surface area contributed by atoms with Crippen LogP contribution in [0.2, 0.25) is 0 Å². The van der Waals surface area contributed by atoms with Gasteiger partial charge in [0.1, 0.15) is 5.75 Å². The average molecular weight is 373 g/mol. The van der Waals surface area contributed by atoms with E-state index < -0.39 is 6.36 Å². The fourth-order valence-electron chi connectivity index (χ4n) is 4.30. The summed E-state index contributed by atoms with van der Waals surface area (Å²) in [6, 6.07) is 17.7. The van der Waals surface area contributed by atoms with Crippen molar-refractivity contribution in [3.05, 3.63) is 77.4 Å². The van der Waals surface area contributed by atoms with Gasteiger partial charge in [0.05, 0.1) is 0 Å². The van der Waals surface area contributed by atoms with Crippen LogP contribution < -0.4 is 4.74 Å². The van der Waals surface area contributed by atoms with Gasteiger partial charge in [-0.1, -0.05) is 60.2 Å². The zero-order valence-electron chi connectivity index (χ0n) is 15.0. The molecule has 0 spiro atoms. The number of alkyl halides is 3. The molecule has 2 unspecified atom stereocenters. The van der Waals surface area contributed by atoms with Gasteiger partial charge in [0, 0.05) is 18.6 Å². The lowest BCUT2D eigenvalue weighted by molar-refractivity contribution is -0.274. The zero-order chi connectivity index (χ0) is 18.9. The Morgan fingerprint density at radius 3 is 2.44 bits per heavy atom. The van der Waals surface area contributed by atoms with E-state index in [2.05, 4.69) is 40.0 Å². The van der Waals surface area contributed by atoms with Crippen LogP contribution in [0, 0.1) is 0 Å². The number of hydrogen-bond donors (Lipinski definition) is 0. The quantitative estimate of drug-likeness (QED) is 0.643. The van der Waals surface area contributed by atoms with Crippen molar-refractivity contribution in [2.24, 2.45) is 0 Å². The smallest absolute Gasteiger partial charge is 0.405 e. The van der Waals surface area contributed by atoms with Crippen molar-refractivity contribution >= 4 is 0 Å². The number of rotatable bonds is 5. The van der Waals surface area contributed by atoms with Gasteiger partial charge in [0.2, 0.25) is 0 Å². The first-order valence-electron chi connectivity index (χ1n) is 9.31. The Kier molecular flexibility index (Phi) is 4.96. The Hall–Kier alpha value is -2.27. The molecule has 0 amide bonds. The first-order valence-corrected chi connectivity index (χ1v) is 9.31. The molecule has 27 heavy (non-hydrogen) atoms. The van der Waals surface area contributed by atoms with Crippen molar-refractivity contribution in [1.29, 1.82) is 0 Å². The molecule has 0 radical (unpaired) electrons. The summed E-state index contributed by atoms with van der Waals surface area (Å²) in [4.78, 5) is 2.52. The van der Waals surface area contributed by atoms with Crippen molar-refractivity contribution in [2.45, 2.75) is 50.7 Å². The highest BCUT2D eigenvalue weighted by Crippen LogP contribution is 2.38. The van der Waals surface area contributed by atoms with E-state index >= 15 is 0 Å². The van der Waals surface area contributed by atoms with Crippen LogP contribution in [0.25, 0.3) is 0 Å². The van der Waals surface area contributed by atoms with Gasteiger partial charge < -0.3 is 4.74 Å². The first kappa shape index (κ1) is 18.1. The highest BCUT2D eigenvalue weighted by molar-refractivity contribution is 5.38. The van der Waals surface area contributed by atoms with Gasteiger partial charge in [0.15, 0.2) is 0 Å². The van der Waals surface area contributed by atoms with Gasteiger partial charge in [-0.15, -0.1) is 13.2 Å². The standard InChI is InChI=1S/C22H22F3NO/c23-22(24,25)27-21-9-5-4-8-18(21)12-17-13-19-10-11-20(14-17)26(19)15-16-6-2-1-3-7-16/h1-9,13,19-20H,10-12,14-15H2. The van der Waals surface area contributed by atoms with Gasteiger partial charge in [0.25, 0.3) is 0 Å². The number of fused-ring (bicyclic) bond motifs is 2. The molecule has 0 aromatic heterocycles. The maximum atomic E-state index is 12.6. The summed E-state index contributed by atoms with van der Waals surface area (Å²) in [7, 11) is 0. The van der Waals surface area contributed by atoms with Crippen LogP contribution in [0.5, 0.6) is 5.75 Å². The molecule has 1 fully saturated rings. The van der Waals surface area contributed by atoms with E-state index in [1.54, 1.807) is 18.2 Å². The molecular formula is C22H22F3NO. The van der Waals surface area contributed by atoms with E-state index in [1.165, 1.54) is 17.2 Å². The molecule has 2 atom stereocenters. The summed E-state index contributed by atoms with van der Waals surface area (Å²) in [6.45, 7) is 0.924. The Morgan fingerprint density at radius 2 is 1.70 bits per heavy atom. The second-order valence-corrected chi connectivity index (χ2v) is 7.32. The molecule has 5 heteroatoms. The highest BCUT2D eigenvalue weighted by atomic mass is 19.4. The Labute approximate surface area is 157 Å². The zero-order valence-corrected chi connectivity index (χ0v) is 15.0. The van der Waals surface area contributed by atoms with Gasteiger partial charge in [-0.25, -0.2) is 0 Å². The average Bonchev–Trinajstić information content (AvgIpc) is 2.86. The van der Waals surface area contributed by atoms with E-state index in [-0.39, 0.29) is 5.75 Å². The van der Waals surface area contributed by atoms with Crippen LogP contribution in [-0.4, -0.2) is 23.3 Å². The Morgan fingerprint density at radius 1 is 0.963 bits per heavy atom. The van der Waals surface area contributed by atoms with Crippen molar-refractivity contribution in [1.82, 2.24) is 4.90 Å². The normalized spacial score (nSPS) is 22.6. The molecule has 1 saturated heterocycles. The van der Waals surface area contributed by atoms with E-state index in [9.17, 15) is 13.2 Å². The van der Waals surface area contributed by atoms with Crippen molar-refractivity contribution in [3.8, 4) is 5.75 Å². The Bertz CT molecular complexity index is 816. The van der Waals surface area contributed by atoms with Gasteiger partial charge in [-0.2, -0.15) is 0 Å². The van der Waals surface area contributed by atoms with Crippen molar-refractivity contribution < 1.29 is 17.9 Å². The third-order valence-electron chi connectivity index (χ3n) is 5.44. The van der Waals surface area contributed by atoms with E-state index in [4.69, 9.17) is 0 Å². The summed E-state index contributed by atoms with van der Waals surface area (Å²) in [5.41, 5.74) is 3.11. The van der Waals surface area contributed by atoms with E-state index in [0.717, 1.165) is 25.8 Å². The molecule has 4 rings (SSSR count). The van der Waals surface area contributed by atoms with E-state index in [1.807, 2.05) is 6.07 Å². The number of nitrogens with zero attached hydrogens (tertiary/aromatic N) is 1. The summed E-state index contributed by atoms with van der Waals surface area (Å²) < 4.78 is 42.2. The fourth-order valence-corrected chi connectivity index (χ4v) is 4.30. The molecule has 2 aromatic rings. The highest BCUT2D eigenvalue weighted by Gasteiger charge is 2.37. The van der Waals surface area contributed by atoms with Crippen LogP contribution >= 0.6 is 0 Å². The topological polar surface area (TPSA) is 12.5 Å². The van der Waals surface area contributed by atoms with Crippen molar-refractivity contribution in [3.63, 3.8) is 0 Å². The lowest BCUT2D eigenvalue weighted by Gasteiger charge is -2.34. The minimum atomic E-state index is -4.66. The van der Waals surface area contributed by atoms with Crippen LogP contribution in [0.4, 0.5) is 13.2 Å². The maximum absolute atomic E-state index is 12.6. The van der Waals surface area contributed by atoms with Gasteiger partial charge in [-0.05, 0) is 42.9 Å². The predicted molar refractivity (Wildman–Crippen MR) is 98.3 cm³/mol. The molecule has 2 aliphatic heterocycles. The number of hydrogen-bond acceptors (Lipinski definition) is 2. The third-order valence-corrected chi connectivity index (χ3v) is 5.44. The predicted octanol–water partition coefficient (Wildman–Crippen LogP) is 5.49. The van der Waals surface area contributed by atoms with E-state index in [0.29, 0.717) is 24.1 Å². The van der Waals surface area contributed by atoms with Crippen LogP contribution in [0.1, 0.15) is 30.4 Å².